The van der Waals surface area contributed by atoms with Gasteiger partial charge in [-0.25, -0.2) is 9.97 Å². The zero-order valence-corrected chi connectivity index (χ0v) is 12.2. The van der Waals surface area contributed by atoms with Crippen molar-refractivity contribution in [3.63, 3.8) is 0 Å². The Labute approximate surface area is 119 Å². The Kier molecular flexibility index (Phi) is 3.65. The lowest BCUT2D eigenvalue weighted by Gasteiger charge is -2.48. The van der Waals surface area contributed by atoms with Gasteiger partial charge in [0.2, 0.25) is 5.75 Å². The minimum atomic E-state index is 0.410. The molecule has 1 aromatic heterocycles. The van der Waals surface area contributed by atoms with Gasteiger partial charge >= 0.3 is 0 Å². The molecule has 0 bridgehead atoms. The van der Waals surface area contributed by atoms with Gasteiger partial charge in [0.25, 0.3) is 0 Å². The topological polar surface area (TPSA) is 67.5 Å². The fraction of sp³-hybridized carbons (Fsp3) is 0.714. The second kappa shape index (κ2) is 5.44. The van der Waals surface area contributed by atoms with E-state index in [0.717, 1.165) is 18.9 Å². The van der Waals surface area contributed by atoms with E-state index in [2.05, 4.69) is 26.7 Å². The van der Waals surface area contributed by atoms with Gasteiger partial charge in [-0.15, -0.1) is 0 Å². The van der Waals surface area contributed by atoms with Gasteiger partial charge in [0, 0.05) is 25.2 Å². The number of nitrogens with two attached hydrogens (primary N) is 1. The van der Waals surface area contributed by atoms with Gasteiger partial charge in [-0.05, 0) is 26.3 Å². The summed E-state index contributed by atoms with van der Waals surface area (Å²) < 4.78 is 5.41. The molecular formula is C14H23N5O. The van der Waals surface area contributed by atoms with Gasteiger partial charge in [-0.1, -0.05) is 6.42 Å². The minimum Gasteiger partial charge on any atom is -0.490 e. The molecule has 20 heavy (non-hydrogen) atoms. The molecule has 110 valence electrons. The number of anilines is 2. The lowest BCUT2D eigenvalue weighted by atomic mass is 9.97. The number of rotatable bonds is 2. The molecule has 2 N–H and O–H groups in total. The summed E-state index contributed by atoms with van der Waals surface area (Å²) in [7, 11) is 1.63. The van der Waals surface area contributed by atoms with E-state index in [4.69, 9.17) is 10.5 Å². The van der Waals surface area contributed by atoms with Crippen LogP contribution in [0, 0.1) is 0 Å². The lowest BCUT2D eigenvalue weighted by Crippen LogP contribution is -2.59. The van der Waals surface area contributed by atoms with Crippen LogP contribution in [-0.2, 0) is 0 Å². The summed E-state index contributed by atoms with van der Waals surface area (Å²) in [6.07, 6.45) is 5.44. The summed E-state index contributed by atoms with van der Waals surface area (Å²) in [6, 6.07) is 1.04. The first kappa shape index (κ1) is 13.4. The smallest absolute Gasteiger partial charge is 0.204 e. The molecule has 2 fully saturated rings. The number of nitrogen functional groups attached to an aromatic ring is 1. The average Bonchev–Trinajstić information content (AvgIpc) is 2.46. The number of fused-ring (bicyclic) bond motifs is 1. The van der Waals surface area contributed by atoms with E-state index in [1.807, 2.05) is 0 Å². The van der Waals surface area contributed by atoms with Crippen LogP contribution >= 0.6 is 0 Å². The van der Waals surface area contributed by atoms with Gasteiger partial charge in [-0.2, -0.15) is 0 Å². The van der Waals surface area contributed by atoms with Crippen LogP contribution in [0.4, 0.5) is 11.6 Å². The Morgan fingerprint density at radius 3 is 2.95 bits per heavy atom. The first-order valence-electron chi connectivity index (χ1n) is 7.36. The van der Waals surface area contributed by atoms with Crippen LogP contribution in [0.15, 0.2) is 6.33 Å². The summed E-state index contributed by atoms with van der Waals surface area (Å²) in [5, 5.41) is 0. The van der Waals surface area contributed by atoms with Crippen LogP contribution in [0.5, 0.6) is 5.75 Å². The number of aromatic nitrogens is 2. The Balaban J connectivity index is 1.88. The maximum atomic E-state index is 5.90. The Bertz CT molecular complexity index is 481. The molecule has 0 aliphatic carbocycles. The van der Waals surface area contributed by atoms with E-state index in [1.165, 1.54) is 32.1 Å². The zero-order chi connectivity index (χ0) is 14.1. The highest BCUT2D eigenvalue weighted by molar-refractivity contribution is 5.63. The summed E-state index contributed by atoms with van der Waals surface area (Å²) in [5.41, 5.74) is 5.90. The quantitative estimate of drug-likeness (QED) is 0.874. The zero-order valence-electron chi connectivity index (χ0n) is 12.2. The molecule has 2 aliphatic heterocycles. The molecule has 2 saturated heterocycles. The van der Waals surface area contributed by atoms with Crippen LogP contribution in [0.1, 0.15) is 26.2 Å². The second-order valence-corrected chi connectivity index (χ2v) is 5.76. The molecule has 1 aromatic rings. The van der Waals surface area contributed by atoms with Crippen molar-refractivity contribution < 1.29 is 4.74 Å². The predicted molar refractivity (Wildman–Crippen MR) is 79.0 cm³/mol. The van der Waals surface area contributed by atoms with E-state index in [9.17, 15) is 0 Å². The van der Waals surface area contributed by atoms with Crippen molar-refractivity contribution in [2.24, 2.45) is 0 Å². The normalized spacial score (nSPS) is 27.2. The van der Waals surface area contributed by atoms with Crippen LogP contribution in [0.3, 0.4) is 0 Å². The summed E-state index contributed by atoms with van der Waals surface area (Å²) in [4.78, 5) is 13.4. The number of piperidine rings is 1. The Morgan fingerprint density at radius 2 is 2.15 bits per heavy atom. The number of hydrogen-bond acceptors (Lipinski definition) is 6. The summed E-state index contributed by atoms with van der Waals surface area (Å²) in [6.45, 7) is 5.54. The van der Waals surface area contributed by atoms with Crippen molar-refractivity contribution >= 4 is 11.6 Å². The highest BCUT2D eigenvalue weighted by atomic mass is 16.5. The van der Waals surface area contributed by atoms with Crippen LogP contribution < -0.4 is 15.4 Å². The number of ether oxygens (including phenoxy) is 1. The fourth-order valence-corrected chi connectivity index (χ4v) is 3.43. The molecule has 2 atom stereocenters. The maximum Gasteiger partial charge on any atom is 0.204 e. The van der Waals surface area contributed by atoms with Crippen molar-refractivity contribution in [1.82, 2.24) is 14.9 Å². The monoisotopic (exact) mass is 277 g/mol. The first-order valence-corrected chi connectivity index (χ1v) is 7.36. The van der Waals surface area contributed by atoms with Crippen molar-refractivity contribution in [1.29, 1.82) is 0 Å². The lowest BCUT2D eigenvalue weighted by molar-refractivity contribution is 0.115. The van der Waals surface area contributed by atoms with E-state index in [-0.39, 0.29) is 0 Å². The van der Waals surface area contributed by atoms with Crippen molar-refractivity contribution in [2.75, 3.05) is 37.4 Å². The van der Waals surface area contributed by atoms with Crippen molar-refractivity contribution in [2.45, 2.75) is 38.3 Å². The summed E-state index contributed by atoms with van der Waals surface area (Å²) in [5.74, 6) is 1.84. The third-order valence-electron chi connectivity index (χ3n) is 4.48. The largest absolute Gasteiger partial charge is 0.490 e. The Hall–Kier alpha value is -1.56. The first-order chi connectivity index (χ1) is 9.70. The van der Waals surface area contributed by atoms with E-state index < -0.39 is 0 Å². The van der Waals surface area contributed by atoms with Crippen molar-refractivity contribution in [3.05, 3.63) is 6.33 Å². The molecule has 2 unspecified atom stereocenters. The van der Waals surface area contributed by atoms with Gasteiger partial charge in [0.05, 0.1) is 7.11 Å². The van der Waals surface area contributed by atoms with E-state index in [1.54, 1.807) is 7.11 Å². The van der Waals surface area contributed by atoms with Gasteiger partial charge < -0.3 is 15.4 Å². The van der Waals surface area contributed by atoms with Crippen LogP contribution in [0.2, 0.25) is 0 Å². The van der Waals surface area contributed by atoms with E-state index in [0.29, 0.717) is 23.7 Å². The number of hydrogen-bond donors (Lipinski definition) is 1. The molecule has 3 heterocycles. The van der Waals surface area contributed by atoms with Gasteiger partial charge in [0.1, 0.15) is 6.33 Å². The van der Waals surface area contributed by atoms with Crippen LogP contribution in [0.25, 0.3) is 0 Å². The molecule has 0 amide bonds. The third kappa shape index (κ3) is 2.28. The molecule has 0 radical (unpaired) electrons. The molecule has 3 rings (SSSR count). The molecule has 0 saturated carbocycles. The Morgan fingerprint density at radius 1 is 1.30 bits per heavy atom. The van der Waals surface area contributed by atoms with Gasteiger partial charge in [-0.3, -0.25) is 4.90 Å². The van der Waals surface area contributed by atoms with Crippen molar-refractivity contribution in [3.8, 4) is 5.75 Å². The molecule has 6 heteroatoms. The third-order valence-corrected chi connectivity index (χ3v) is 4.48. The molecule has 6 nitrogen and oxygen atoms in total. The predicted octanol–water partition coefficient (Wildman–Crippen LogP) is 1.13. The highest BCUT2D eigenvalue weighted by Crippen LogP contribution is 2.34. The number of methoxy groups -OCH3 is 1. The highest BCUT2D eigenvalue weighted by Gasteiger charge is 2.35. The average molecular weight is 277 g/mol. The number of nitrogens with zero attached hydrogens (tertiary/aromatic N) is 4. The SMILES string of the molecule is COc1c(N)ncnc1N1CC2CCCCN2CC1C. The second-order valence-electron chi connectivity index (χ2n) is 5.76. The molecule has 0 spiro atoms. The number of piperazine rings is 1. The van der Waals surface area contributed by atoms with Crippen LogP contribution in [-0.4, -0.2) is 53.7 Å². The standard InChI is InChI=1S/C14H23N5O/c1-10-7-18-6-4-3-5-11(18)8-19(10)14-12(20-2)13(15)16-9-17-14/h9-11H,3-8H2,1-2H3,(H2,15,16,17). The van der Waals surface area contributed by atoms with Gasteiger partial charge in [0.15, 0.2) is 11.6 Å². The molecule has 2 aliphatic rings. The fourth-order valence-electron chi connectivity index (χ4n) is 3.43. The summed E-state index contributed by atoms with van der Waals surface area (Å²) >= 11 is 0. The van der Waals surface area contributed by atoms with E-state index >= 15 is 0 Å². The minimum absolute atomic E-state index is 0.410. The maximum absolute atomic E-state index is 5.90. The molecule has 0 aromatic carbocycles. The molecular weight excluding hydrogens is 254 g/mol.